The number of rotatable bonds is 7. The van der Waals surface area contributed by atoms with Crippen molar-refractivity contribution in [3.05, 3.63) is 48.3 Å². The van der Waals surface area contributed by atoms with E-state index in [2.05, 4.69) is 0 Å². The average molecular weight is 414 g/mol. The highest BCUT2D eigenvalue weighted by Gasteiger charge is 2.24. The van der Waals surface area contributed by atoms with Crippen LogP contribution in [-0.4, -0.2) is 52.2 Å². The number of methoxy groups -OCH3 is 1. The Morgan fingerprint density at radius 1 is 1.13 bits per heavy atom. The van der Waals surface area contributed by atoms with Crippen LogP contribution < -0.4 is 25.2 Å². The summed E-state index contributed by atoms with van der Waals surface area (Å²) in [6.45, 7) is 1.73. The molecule has 0 unspecified atom stereocenters. The van der Waals surface area contributed by atoms with Gasteiger partial charge in [0.15, 0.2) is 0 Å². The number of benzene rings is 2. The zero-order chi connectivity index (χ0) is 21.7. The monoisotopic (exact) mass is 414 g/mol. The van der Waals surface area contributed by atoms with Gasteiger partial charge in [-0.2, -0.15) is 0 Å². The van der Waals surface area contributed by atoms with Gasteiger partial charge < -0.3 is 25.2 Å². The largest absolute Gasteiger partial charge is 0.497 e. The lowest BCUT2D eigenvalue weighted by Crippen LogP contribution is -2.42. The second-order valence-corrected chi connectivity index (χ2v) is 7.29. The summed E-state index contributed by atoms with van der Waals surface area (Å²) in [5, 5.41) is 0. The van der Waals surface area contributed by atoms with Gasteiger partial charge in [0.05, 0.1) is 25.0 Å². The van der Waals surface area contributed by atoms with Gasteiger partial charge in [-0.05, 0) is 48.9 Å². The zero-order valence-electron chi connectivity index (χ0n) is 17.3. The number of halogens is 1. The van der Waals surface area contributed by atoms with Crippen LogP contribution in [-0.2, 0) is 9.59 Å². The van der Waals surface area contributed by atoms with Crippen LogP contribution in [0.1, 0.15) is 12.8 Å². The average Bonchev–Trinajstić information content (AvgIpc) is 2.87. The fourth-order valence-corrected chi connectivity index (χ4v) is 3.60. The van der Waals surface area contributed by atoms with Gasteiger partial charge in [-0.25, -0.2) is 4.39 Å². The molecule has 7 nitrogen and oxygen atoms in total. The first-order chi connectivity index (χ1) is 14.4. The van der Waals surface area contributed by atoms with Crippen molar-refractivity contribution in [1.29, 1.82) is 0 Å². The van der Waals surface area contributed by atoms with Crippen molar-refractivity contribution in [3.63, 3.8) is 0 Å². The molecule has 2 amide bonds. The summed E-state index contributed by atoms with van der Waals surface area (Å²) in [5.41, 5.74) is 7.55. The van der Waals surface area contributed by atoms with Crippen molar-refractivity contribution >= 4 is 28.9 Å². The van der Waals surface area contributed by atoms with E-state index in [9.17, 15) is 14.0 Å². The molecule has 0 atom stereocenters. The van der Waals surface area contributed by atoms with Crippen LogP contribution in [0.2, 0.25) is 0 Å². The van der Waals surface area contributed by atoms with E-state index in [1.54, 1.807) is 42.3 Å². The standard InChI is InChI=1S/C22H27FN4O3/c1-25-11-3-12-26(19-9-4-16(23)14-20(19)25)15-22(29)27(13-10-21(24)28)17-5-7-18(30-2)8-6-17/h4-9,14H,3,10-13,15H2,1-2H3,(H2,24,28). The first-order valence-corrected chi connectivity index (χ1v) is 9.87. The number of fused-ring (bicyclic) bond motifs is 1. The van der Waals surface area contributed by atoms with Gasteiger partial charge in [0.25, 0.3) is 0 Å². The minimum absolute atomic E-state index is 0.0578. The molecule has 3 rings (SSSR count). The molecule has 0 saturated carbocycles. The molecule has 1 aliphatic heterocycles. The number of hydrogen-bond donors (Lipinski definition) is 1. The van der Waals surface area contributed by atoms with E-state index < -0.39 is 5.91 Å². The quantitative estimate of drug-likeness (QED) is 0.753. The van der Waals surface area contributed by atoms with E-state index in [0.29, 0.717) is 18.0 Å². The normalized spacial score (nSPS) is 13.4. The molecule has 0 saturated heterocycles. The second-order valence-electron chi connectivity index (χ2n) is 7.29. The summed E-state index contributed by atoms with van der Waals surface area (Å²) in [6, 6.07) is 11.7. The van der Waals surface area contributed by atoms with Crippen molar-refractivity contribution < 1.29 is 18.7 Å². The van der Waals surface area contributed by atoms with E-state index in [-0.39, 0.29) is 31.2 Å². The fraction of sp³-hybridized carbons (Fsp3) is 0.364. The maximum atomic E-state index is 13.8. The summed E-state index contributed by atoms with van der Waals surface area (Å²) in [4.78, 5) is 30.1. The predicted octanol–water partition coefficient (Wildman–Crippen LogP) is 2.39. The van der Waals surface area contributed by atoms with Crippen LogP contribution in [0.4, 0.5) is 21.5 Å². The molecule has 160 valence electrons. The van der Waals surface area contributed by atoms with Crippen molar-refractivity contribution in [2.24, 2.45) is 5.73 Å². The van der Waals surface area contributed by atoms with E-state index in [1.807, 2.05) is 16.8 Å². The molecule has 0 radical (unpaired) electrons. The molecular formula is C22H27FN4O3. The molecular weight excluding hydrogens is 387 g/mol. The van der Waals surface area contributed by atoms with Gasteiger partial charge in [-0.3, -0.25) is 9.59 Å². The van der Waals surface area contributed by atoms with Crippen LogP contribution in [0.15, 0.2) is 42.5 Å². The van der Waals surface area contributed by atoms with E-state index in [4.69, 9.17) is 10.5 Å². The molecule has 8 heteroatoms. The molecule has 2 aromatic rings. The predicted molar refractivity (Wildman–Crippen MR) is 116 cm³/mol. The van der Waals surface area contributed by atoms with Gasteiger partial charge in [0.2, 0.25) is 11.8 Å². The van der Waals surface area contributed by atoms with Crippen LogP contribution in [0.3, 0.4) is 0 Å². The van der Waals surface area contributed by atoms with Crippen molar-refractivity contribution in [1.82, 2.24) is 0 Å². The lowest BCUT2D eigenvalue weighted by atomic mass is 10.2. The third-order valence-corrected chi connectivity index (χ3v) is 5.20. The Hall–Kier alpha value is -3.29. The Morgan fingerprint density at radius 2 is 1.87 bits per heavy atom. The molecule has 0 bridgehead atoms. The zero-order valence-corrected chi connectivity index (χ0v) is 17.3. The third kappa shape index (κ3) is 5.00. The summed E-state index contributed by atoms with van der Waals surface area (Å²) in [5.74, 6) is -0.276. The minimum atomic E-state index is -0.474. The first kappa shape index (κ1) is 21.4. The van der Waals surface area contributed by atoms with Crippen molar-refractivity contribution in [3.8, 4) is 5.75 Å². The van der Waals surface area contributed by atoms with Crippen LogP contribution >= 0.6 is 0 Å². The number of nitrogens with zero attached hydrogens (tertiary/aromatic N) is 3. The lowest BCUT2D eigenvalue weighted by Gasteiger charge is -2.29. The van der Waals surface area contributed by atoms with Crippen LogP contribution in [0, 0.1) is 5.82 Å². The maximum Gasteiger partial charge on any atom is 0.246 e. The molecule has 0 spiro atoms. The number of carbonyl (C=O) groups excluding carboxylic acids is 2. The summed E-state index contributed by atoms with van der Waals surface area (Å²) < 4.78 is 19.0. The first-order valence-electron chi connectivity index (χ1n) is 9.87. The van der Waals surface area contributed by atoms with Gasteiger partial charge in [0.1, 0.15) is 11.6 Å². The Kier molecular flexibility index (Phi) is 6.76. The van der Waals surface area contributed by atoms with Crippen LogP contribution in [0.25, 0.3) is 0 Å². The molecule has 30 heavy (non-hydrogen) atoms. The van der Waals surface area contributed by atoms with Gasteiger partial charge in [-0.1, -0.05) is 0 Å². The lowest BCUT2D eigenvalue weighted by molar-refractivity contribution is -0.118. The molecule has 1 aliphatic rings. The minimum Gasteiger partial charge on any atom is -0.497 e. The number of amides is 2. The molecule has 1 heterocycles. The number of anilines is 3. The summed E-state index contributed by atoms with van der Waals surface area (Å²) in [6.07, 6.45) is 0.895. The van der Waals surface area contributed by atoms with Crippen LogP contribution in [0.5, 0.6) is 5.75 Å². The van der Waals surface area contributed by atoms with Crippen molar-refractivity contribution in [2.75, 3.05) is 55.0 Å². The fourth-order valence-electron chi connectivity index (χ4n) is 3.60. The number of hydrogen-bond acceptors (Lipinski definition) is 5. The molecule has 2 aromatic carbocycles. The van der Waals surface area contributed by atoms with Crippen molar-refractivity contribution in [2.45, 2.75) is 12.8 Å². The second kappa shape index (κ2) is 9.47. The van der Waals surface area contributed by atoms with Gasteiger partial charge in [-0.15, -0.1) is 0 Å². The molecule has 0 aromatic heterocycles. The maximum absolute atomic E-state index is 13.8. The number of primary amides is 1. The highest BCUT2D eigenvalue weighted by atomic mass is 19.1. The molecule has 0 fully saturated rings. The Labute approximate surface area is 175 Å². The highest BCUT2D eigenvalue weighted by molar-refractivity contribution is 5.97. The Bertz CT molecular complexity index is 904. The summed E-state index contributed by atoms with van der Waals surface area (Å²) in [7, 11) is 3.49. The SMILES string of the molecule is COc1ccc(N(CCC(N)=O)C(=O)CN2CCCN(C)c3cc(F)ccc32)cc1. The number of ether oxygens (including phenoxy) is 1. The third-order valence-electron chi connectivity index (χ3n) is 5.20. The Morgan fingerprint density at radius 3 is 2.53 bits per heavy atom. The van der Waals surface area contributed by atoms with E-state index >= 15 is 0 Å². The topological polar surface area (TPSA) is 79.1 Å². The number of carbonyl (C=O) groups is 2. The van der Waals surface area contributed by atoms with E-state index in [0.717, 1.165) is 24.3 Å². The Balaban J connectivity index is 1.85. The number of nitrogens with two attached hydrogens (primary N) is 1. The van der Waals surface area contributed by atoms with E-state index in [1.165, 1.54) is 12.1 Å². The highest BCUT2D eigenvalue weighted by Crippen LogP contribution is 2.32. The van der Waals surface area contributed by atoms with Gasteiger partial charge >= 0.3 is 0 Å². The smallest absolute Gasteiger partial charge is 0.246 e. The summed E-state index contributed by atoms with van der Waals surface area (Å²) >= 11 is 0. The molecule has 2 N–H and O–H groups in total. The van der Waals surface area contributed by atoms with Gasteiger partial charge in [0, 0.05) is 38.8 Å². The molecule has 0 aliphatic carbocycles.